The van der Waals surface area contributed by atoms with E-state index < -0.39 is 0 Å². The van der Waals surface area contributed by atoms with Gasteiger partial charge in [-0.1, -0.05) is 6.08 Å². The second-order valence-electron chi connectivity index (χ2n) is 5.85. The highest BCUT2D eigenvalue weighted by atomic mass is 127. The smallest absolute Gasteiger partial charge is 0.193 e. The van der Waals surface area contributed by atoms with Crippen LogP contribution in [0.5, 0.6) is 17.2 Å². The number of nitrogens with one attached hydrogen (secondary N) is 1. The van der Waals surface area contributed by atoms with Gasteiger partial charge >= 0.3 is 0 Å². The molecule has 0 saturated carbocycles. The average molecular weight is 491 g/mol. The second-order valence-corrected chi connectivity index (χ2v) is 5.85. The van der Waals surface area contributed by atoms with Gasteiger partial charge in [-0.25, -0.2) is 0 Å². The first-order valence-corrected chi connectivity index (χ1v) is 9.00. The van der Waals surface area contributed by atoms with E-state index in [4.69, 9.17) is 19.2 Å². The Morgan fingerprint density at radius 1 is 1.19 bits per heavy atom. The van der Waals surface area contributed by atoms with Crippen molar-refractivity contribution in [3.05, 3.63) is 30.4 Å². The number of rotatable bonds is 11. The standard InChI is InChI=1S/C20H33N3O3.HI/c1-7-9-10-13-23(3)20(21-8-2)22-12-11-17-18(25-5)14-16(24-4)15-19(17)26-6;/h7,14-15H,1,8-13H2,2-6H3,(H,21,22);1H. The summed E-state index contributed by atoms with van der Waals surface area (Å²) in [5, 5.41) is 3.34. The van der Waals surface area contributed by atoms with E-state index in [9.17, 15) is 0 Å². The van der Waals surface area contributed by atoms with Crippen molar-refractivity contribution < 1.29 is 14.2 Å². The Kier molecular flexibility index (Phi) is 13.5. The maximum atomic E-state index is 5.50. The lowest BCUT2D eigenvalue weighted by Gasteiger charge is -2.22. The summed E-state index contributed by atoms with van der Waals surface area (Å²) in [7, 11) is 6.99. The molecule has 0 aromatic heterocycles. The minimum atomic E-state index is 0. The Morgan fingerprint density at radius 2 is 1.81 bits per heavy atom. The molecular formula is C20H34IN3O3. The Balaban J connectivity index is 0.00000676. The minimum absolute atomic E-state index is 0. The highest BCUT2D eigenvalue weighted by Gasteiger charge is 2.13. The third-order valence-electron chi connectivity index (χ3n) is 4.04. The molecule has 1 rings (SSSR count). The van der Waals surface area contributed by atoms with Crippen molar-refractivity contribution >= 4 is 29.9 Å². The normalized spacial score (nSPS) is 10.6. The molecule has 0 heterocycles. The van der Waals surface area contributed by atoms with Crippen LogP contribution in [0.25, 0.3) is 0 Å². The highest BCUT2D eigenvalue weighted by Crippen LogP contribution is 2.34. The lowest BCUT2D eigenvalue weighted by molar-refractivity contribution is 0.369. The number of benzene rings is 1. The molecule has 0 unspecified atom stereocenters. The molecule has 0 saturated heterocycles. The zero-order valence-electron chi connectivity index (χ0n) is 17.2. The number of guanidine groups is 1. The number of methoxy groups -OCH3 is 3. The molecule has 0 radical (unpaired) electrons. The SMILES string of the molecule is C=CCCCN(C)C(=NCCc1c(OC)cc(OC)cc1OC)NCC.I. The van der Waals surface area contributed by atoms with Crippen LogP contribution < -0.4 is 19.5 Å². The fourth-order valence-electron chi connectivity index (χ4n) is 2.65. The van der Waals surface area contributed by atoms with Crippen LogP contribution in [0.2, 0.25) is 0 Å². The lowest BCUT2D eigenvalue weighted by atomic mass is 10.1. The van der Waals surface area contributed by atoms with Crippen LogP contribution in [-0.2, 0) is 6.42 Å². The molecule has 27 heavy (non-hydrogen) atoms. The van der Waals surface area contributed by atoms with Crippen molar-refractivity contribution in [2.24, 2.45) is 4.99 Å². The van der Waals surface area contributed by atoms with Gasteiger partial charge in [0.1, 0.15) is 17.2 Å². The van der Waals surface area contributed by atoms with Crippen LogP contribution in [0.4, 0.5) is 0 Å². The van der Waals surface area contributed by atoms with Gasteiger partial charge in [-0.3, -0.25) is 4.99 Å². The number of ether oxygens (including phenoxy) is 3. The Labute approximate surface area is 181 Å². The summed E-state index contributed by atoms with van der Waals surface area (Å²) >= 11 is 0. The molecule has 1 aromatic carbocycles. The van der Waals surface area contributed by atoms with Gasteiger partial charge in [0.25, 0.3) is 0 Å². The number of nitrogens with zero attached hydrogens (tertiary/aromatic N) is 2. The maximum Gasteiger partial charge on any atom is 0.193 e. The predicted molar refractivity (Wildman–Crippen MR) is 123 cm³/mol. The Bertz CT molecular complexity index is 569. The van der Waals surface area contributed by atoms with Crippen molar-refractivity contribution in [1.29, 1.82) is 0 Å². The quantitative estimate of drug-likeness (QED) is 0.168. The van der Waals surface area contributed by atoms with E-state index in [0.717, 1.165) is 49.0 Å². The summed E-state index contributed by atoms with van der Waals surface area (Å²) in [5.74, 6) is 3.12. The molecule has 7 heteroatoms. The van der Waals surface area contributed by atoms with Crippen LogP contribution in [0.1, 0.15) is 25.3 Å². The van der Waals surface area contributed by atoms with E-state index in [1.807, 2.05) is 18.2 Å². The first-order valence-electron chi connectivity index (χ1n) is 9.00. The van der Waals surface area contributed by atoms with Crippen LogP contribution in [0.15, 0.2) is 29.8 Å². The average Bonchev–Trinajstić information content (AvgIpc) is 2.66. The third-order valence-corrected chi connectivity index (χ3v) is 4.04. The second kappa shape index (κ2) is 14.4. The van der Waals surface area contributed by atoms with Crippen molar-refractivity contribution in [3.63, 3.8) is 0 Å². The Hall–Kier alpha value is -1.64. The van der Waals surface area contributed by atoms with Crippen molar-refractivity contribution in [3.8, 4) is 17.2 Å². The van der Waals surface area contributed by atoms with E-state index >= 15 is 0 Å². The zero-order chi connectivity index (χ0) is 19.4. The molecule has 0 spiro atoms. The molecule has 0 aliphatic heterocycles. The van der Waals surface area contributed by atoms with Gasteiger partial charge in [0.2, 0.25) is 0 Å². The van der Waals surface area contributed by atoms with E-state index in [1.165, 1.54) is 0 Å². The molecule has 0 aliphatic rings. The van der Waals surface area contributed by atoms with Gasteiger partial charge in [0.15, 0.2) is 5.96 Å². The van der Waals surface area contributed by atoms with Crippen molar-refractivity contribution in [2.45, 2.75) is 26.2 Å². The first kappa shape index (κ1) is 25.4. The van der Waals surface area contributed by atoms with Crippen molar-refractivity contribution in [1.82, 2.24) is 10.2 Å². The van der Waals surface area contributed by atoms with Gasteiger partial charge in [-0.05, 0) is 26.2 Å². The van der Waals surface area contributed by atoms with Gasteiger partial charge in [0, 0.05) is 44.4 Å². The number of hydrogen-bond donors (Lipinski definition) is 1. The number of aliphatic imine (C=N–C) groups is 1. The van der Waals surface area contributed by atoms with Gasteiger partial charge in [-0.15, -0.1) is 30.6 Å². The number of halogens is 1. The Morgan fingerprint density at radius 3 is 2.30 bits per heavy atom. The molecule has 0 atom stereocenters. The third kappa shape index (κ3) is 8.28. The molecule has 0 bridgehead atoms. The molecule has 0 fully saturated rings. The summed E-state index contributed by atoms with van der Waals surface area (Å²) < 4.78 is 16.3. The summed E-state index contributed by atoms with van der Waals surface area (Å²) in [5.41, 5.74) is 0.990. The topological polar surface area (TPSA) is 55.3 Å². The minimum Gasteiger partial charge on any atom is -0.496 e. The number of unbranched alkanes of at least 4 members (excludes halogenated alkanes) is 1. The zero-order valence-corrected chi connectivity index (χ0v) is 19.5. The van der Waals surface area contributed by atoms with Crippen molar-refractivity contribution in [2.75, 3.05) is 48.0 Å². The lowest BCUT2D eigenvalue weighted by Crippen LogP contribution is -2.39. The van der Waals surface area contributed by atoms with E-state index in [0.29, 0.717) is 18.7 Å². The maximum absolute atomic E-state index is 5.50. The van der Waals surface area contributed by atoms with E-state index in [-0.39, 0.29) is 24.0 Å². The van der Waals surface area contributed by atoms with Gasteiger partial charge < -0.3 is 24.4 Å². The fourth-order valence-corrected chi connectivity index (χ4v) is 2.65. The first-order chi connectivity index (χ1) is 12.6. The molecule has 154 valence electrons. The van der Waals surface area contributed by atoms with Crippen LogP contribution >= 0.6 is 24.0 Å². The van der Waals surface area contributed by atoms with Crippen LogP contribution in [0, 0.1) is 0 Å². The van der Waals surface area contributed by atoms with Crippen LogP contribution in [-0.4, -0.2) is 58.9 Å². The number of allylic oxidation sites excluding steroid dienone is 1. The van der Waals surface area contributed by atoms with E-state index in [2.05, 4.69) is 30.8 Å². The molecule has 1 aromatic rings. The molecule has 0 aliphatic carbocycles. The molecular weight excluding hydrogens is 457 g/mol. The van der Waals surface area contributed by atoms with E-state index in [1.54, 1.807) is 21.3 Å². The summed E-state index contributed by atoms with van der Waals surface area (Å²) in [6.45, 7) is 8.24. The van der Waals surface area contributed by atoms with Crippen LogP contribution in [0.3, 0.4) is 0 Å². The predicted octanol–water partition coefficient (Wildman–Crippen LogP) is 3.74. The summed E-state index contributed by atoms with van der Waals surface area (Å²) in [4.78, 5) is 6.89. The van der Waals surface area contributed by atoms with Gasteiger partial charge in [-0.2, -0.15) is 0 Å². The summed E-state index contributed by atoms with van der Waals surface area (Å²) in [6, 6.07) is 3.74. The molecule has 6 nitrogen and oxygen atoms in total. The largest absolute Gasteiger partial charge is 0.496 e. The molecule has 1 N–H and O–H groups in total. The fraction of sp³-hybridized carbons (Fsp3) is 0.550. The monoisotopic (exact) mass is 491 g/mol. The number of hydrogen-bond acceptors (Lipinski definition) is 4. The molecule has 0 amide bonds. The summed E-state index contributed by atoms with van der Waals surface area (Å²) in [6.07, 6.45) is 4.72. The highest BCUT2D eigenvalue weighted by molar-refractivity contribution is 14.0. The van der Waals surface area contributed by atoms with Gasteiger partial charge in [0.05, 0.1) is 21.3 Å².